The first kappa shape index (κ1) is 26.8. The van der Waals surface area contributed by atoms with Crippen LogP contribution in [0, 0.1) is 5.92 Å². The lowest BCUT2D eigenvalue weighted by Crippen LogP contribution is -2.47. The van der Waals surface area contributed by atoms with Crippen molar-refractivity contribution in [2.24, 2.45) is 5.92 Å². The lowest BCUT2D eigenvalue weighted by Gasteiger charge is -2.37. The van der Waals surface area contributed by atoms with Gasteiger partial charge in [0.05, 0.1) is 19.8 Å². The van der Waals surface area contributed by atoms with Gasteiger partial charge in [-0.3, -0.25) is 4.90 Å². The summed E-state index contributed by atoms with van der Waals surface area (Å²) < 4.78 is 10.6. The van der Waals surface area contributed by atoms with Gasteiger partial charge < -0.3 is 24.6 Å². The van der Waals surface area contributed by atoms with Crippen molar-refractivity contribution in [1.82, 2.24) is 15.2 Å². The van der Waals surface area contributed by atoms with Gasteiger partial charge in [-0.2, -0.15) is 0 Å². The predicted octanol–water partition coefficient (Wildman–Crippen LogP) is 4.40. The highest BCUT2D eigenvalue weighted by Gasteiger charge is 2.25. The van der Waals surface area contributed by atoms with Gasteiger partial charge in [0.15, 0.2) is 0 Å². The molecule has 2 saturated heterocycles. The summed E-state index contributed by atoms with van der Waals surface area (Å²) in [5.74, 6) is 2.90. The highest BCUT2D eigenvalue weighted by molar-refractivity contribution is 5.71. The summed E-state index contributed by atoms with van der Waals surface area (Å²) in [5.41, 5.74) is 2.46. The van der Waals surface area contributed by atoms with E-state index < -0.39 is 0 Å². The molecule has 8 heteroatoms. The van der Waals surface area contributed by atoms with Crippen molar-refractivity contribution in [3.63, 3.8) is 0 Å². The van der Waals surface area contributed by atoms with E-state index in [-0.39, 0.29) is 12.1 Å². The van der Waals surface area contributed by atoms with Gasteiger partial charge in [-0.05, 0) is 74.8 Å². The van der Waals surface area contributed by atoms with Crippen LogP contribution in [-0.2, 0) is 9.47 Å². The van der Waals surface area contributed by atoms with E-state index in [1.54, 1.807) is 0 Å². The number of benzene rings is 1. The van der Waals surface area contributed by atoms with Crippen LogP contribution >= 0.6 is 0 Å². The zero-order valence-electron chi connectivity index (χ0n) is 22.8. The normalized spacial score (nSPS) is 22.8. The molecule has 8 nitrogen and oxygen atoms in total. The van der Waals surface area contributed by atoms with Crippen molar-refractivity contribution in [3.8, 4) is 11.1 Å². The summed E-state index contributed by atoms with van der Waals surface area (Å²) in [6.07, 6.45) is 5.48. The Morgan fingerprint density at radius 1 is 0.921 bits per heavy atom. The molecule has 0 spiro atoms. The van der Waals surface area contributed by atoms with Crippen molar-refractivity contribution in [2.45, 2.75) is 45.1 Å². The van der Waals surface area contributed by atoms with Gasteiger partial charge in [-0.15, -0.1) is 0 Å². The number of aromatic nitrogens is 1. The second-order valence-corrected chi connectivity index (χ2v) is 10.7. The fraction of sp³-hybridized carbons (Fsp3) is 0.600. The van der Waals surface area contributed by atoms with E-state index >= 15 is 0 Å². The summed E-state index contributed by atoms with van der Waals surface area (Å²) in [6.45, 7) is 10.9. The van der Waals surface area contributed by atoms with Crippen LogP contribution in [0.1, 0.15) is 39.0 Å². The van der Waals surface area contributed by atoms with Gasteiger partial charge in [-0.1, -0.05) is 30.3 Å². The van der Waals surface area contributed by atoms with Crippen LogP contribution in [0.25, 0.3) is 11.1 Å². The first-order valence-electron chi connectivity index (χ1n) is 14.5. The smallest absolute Gasteiger partial charge is 0.407 e. The maximum Gasteiger partial charge on any atom is 0.407 e. The van der Waals surface area contributed by atoms with Crippen molar-refractivity contribution in [2.75, 3.05) is 75.4 Å². The SMILES string of the molecule is CCOC(=O)NC1CCC(CCN2CCN(c3cc(-c4ccccc4)cc(N4CCOCC4)n3)CC2)CC1. The van der Waals surface area contributed by atoms with Crippen molar-refractivity contribution in [1.29, 1.82) is 0 Å². The first-order chi connectivity index (χ1) is 18.7. The summed E-state index contributed by atoms with van der Waals surface area (Å²) in [6, 6.07) is 15.4. The lowest BCUT2D eigenvalue weighted by molar-refractivity contribution is 0.122. The summed E-state index contributed by atoms with van der Waals surface area (Å²) in [4.78, 5) is 24.2. The molecule has 5 rings (SSSR count). The average Bonchev–Trinajstić information content (AvgIpc) is 2.98. The van der Waals surface area contributed by atoms with Gasteiger partial charge in [0, 0.05) is 45.3 Å². The number of alkyl carbamates (subject to hydrolysis) is 1. The molecule has 3 aliphatic rings. The van der Waals surface area contributed by atoms with E-state index in [2.05, 4.69) is 62.5 Å². The third-order valence-corrected chi connectivity index (χ3v) is 8.23. The number of morpholine rings is 1. The zero-order valence-corrected chi connectivity index (χ0v) is 22.8. The number of hydrogen-bond acceptors (Lipinski definition) is 7. The fourth-order valence-corrected chi connectivity index (χ4v) is 5.92. The first-order valence-corrected chi connectivity index (χ1v) is 14.5. The second-order valence-electron chi connectivity index (χ2n) is 10.7. The van der Waals surface area contributed by atoms with Gasteiger partial charge in [-0.25, -0.2) is 9.78 Å². The number of rotatable bonds is 8. The van der Waals surface area contributed by atoms with Crippen LogP contribution in [-0.4, -0.2) is 87.7 Å². The Bertz CT molecular complexity index is 1010. The molecule has 1 aromatic heterocycles. The maximum absolute atomic E-state index is 11.7. The third-order valence-electron chi connectivity index (χ3n) is 8.23. The van der Waals surface area contributed by atoms with E-state index in [9.17, 15) is 4.79 Å². The predicted molar refractivity (Wildman–Crippen MR) is 152 cm³/mol. The largest absolute Gasteiger partial charge is 0.450 e. The molecule has 1 aromatic carbocycles. The number of nitrogens with zero attached hydrogens (tertiary/aromatic N) is 4. The average molecular weight is 522 g/mol. The Kier molecular flexibility index (Phi) is 9.36. The number of amides is 1. The Morgan fingerprint density at radius 2 is 1.58 bits per heavy atom. The standard InChI is InChI=1S/C30H43N5O3/c1-2-38-30(36)31-27-10-8-24(9-11-27)12-13-33-14-16-34(17-15-33)28-22-26(25-6-4-3-5-7-25)23-29(32-28)35-18-20-37-21-19-35/h3-7,22-24,27H,2,8-21H2,1H3,(H,31,36). The molecule has 0 atom stereocenters. The molecule has 1 N–H and O–H groups in total. The number of ether oxygens (including phenoxy) is 2. The van der Waals surface area contributed by atoms with Crippen molar-refractivity contribution in [3.05, 3.63) is 42.5 Å². The third kappa shape index (κ3) is 7.17. The molecular formula is C30H43N5O3. The summed E-state index contributed by atoms with van der Waals surface area (Å²) in [5, 5.41) is 3.01. The van der Waals surface area contributed by atoms with E-state index in [0.717, 1.165) is 89.4 Å². The number of hydrogen-bond donors (Lipinski definition) is 1. The van der Waals surface area contributed by atoms with Crippen molar-refractivity contribution < 1.29 is 14.3 Å². The molecule has 3 heterocycles. The number of nitrogens with one attached hydrogen (secondary N) is 1. The minimum atomic E-state index is -0.269. The highest BCUT2D eigenvalue weighted by atomic mass is 16.5. The monoisotopic (exact) mass is 521 g/mol. The molecule has 1 saturated carbocycles. The van der Waals surface area contributed by atoms with Crippen molar-refractivity contribution >= 4 is 17.7 Å². The lowest BCUT2D eigenvalue weighted by atomic mass is 9.84. The molecule has 0 bridgehead atoms. The number of pyridine rings is 1. The van der Waals surface area contributed by atoms with Crippen LogP contribution in [0.3, 0.4) is 0 Å². The molecule has 0 radical (unpaired) electrons. The van der Waals surface area contributed by atoms with E-state index in [0.29, 0.717) is 6.61 Å². The Balaban J connectivity index is 1.14. The van der Waals surface area contributed by atoms with Crippen LogP contribution in [0.15, 0.2) is 42.5 Å². The topological polar surface area (TPSA) is 70.2 Å². The van der Waals surface area contributed by atoms with Gasteiger partial charge in [0.2, 0.25) is 0 Å². The minimum absolute atomic E-state index is 0.269. The fourth-order valence-electron chi connectivity index (χ4n) is 5.92. The van der Waals surface area contributed by atoms with Gasteiger partial charge in [0.1, 0.15) is 11.6 Å². The van der Waals surface area contributed by atoms with Crippen LogP contribution in [0.2, 0.25) is 0 Å². The molecular weight excluding hydrogens is 478 g/mol. The molecule has 1 aliphatic carbocycles. The molecule has 1 amide bonds. The molecule has 206 valence electrons. The Morgan fingerprint density at radius 3 is 2.24 bits per heavy atom. The molecule has 2 aliphatic heterocycles. The highest BCUT2D eigenvalue weighted by Crippen LogP contribution is 2.30. The number of carbonyl (C=O) groups is 1. The molecule has 3 fully saturated rings. The van der Waals surface area contributed by atoms with E-state index in [1.807, 2.05) is 6.92 Å². The number of carbonyl (C=O) groups excluding carboxylic acids is 1. The van der Waals surface area contributed by atoms with Crippen LogP contribution in [0.4, 0.5) is 16.4 Å². The molecule has 0 unspecified atom stereocenters. The molecule has 38 heavy (non-hydrogen) atoms. The molecule has 2 aromatic rings. The van der Waals surface area contributed by atoms with Gasteiger partial charge in [0.25, 0.3) is 0 Å². The minimum Gasteiger partial charge on any atom is -0.450 e. The maximum atomic E-state index is 11.7. The summed E-state index contributed by atoms with van der Waals surface area (Å²) in [7, 11) is 0. The number of piperazine rings is 1. The zero-order chi connectivity index (χ0) is 26.2. The quantitative estimate of drug-likeness (QED) is 0.552. The van der Waals surface area contributed by atoms with Crippen LogP contribution < -0.4 is 15.1 Å². The van der Waals surface area contributed by atoms with Crippen LogP contribution in [0.5, 0.6) is 0 Å². The second kappa shape index (κ2) is 13.3. The number of anilines is 2. The van der Waals surface area contributed by atoms with Gasteiger partial charge >= 0.3 is 6.09 Å². The Labute approximate surface area is 227 Å². The van der Waals surface area contributed by atoms with E-state index in [1.165, 1.54) is 30.4 Å². The summed E-state index contributed by atoms with van der Waals surface area (Å²) >= 11 is 0. The Hall–Kier alpha value is -2.84. The van der Waals surface area contributed by atoms with E-state index in [4.69, 9.17) is 14.5 Å².